The summed E-state index contributed by atoms with van der Waals surface area (Å²) in [7, 11) is -2.36. The van der Waals surface area contributed by atoms with Crippen LogP contribution in [0.25, 0.3) is 0 Å². The molecule has 0 aliphatic carbocycles. The molecule has 0 aromatic carbocycles. The van der Waals surface area contributed by atoms with E-state index in [-0.39, 0.29) is 20.6 Å². The van der Waals surface area contributed by atoms with Crippen LogP contribution in [0.1, 0.15) is 20.3 Å². The molecule has 1 aliphatic rings. The fourth-order valence-electron chi connectivity index (χ4n) is 0.655. The topological polar surface area (TPSA) is 51.2 Å². The van der Waals surface area contributed by atoms with E-state index in [9.17, 15) is 13.2 Å². The molecule has 1 rings (SSSR count). The Bertz CT molecular complexity index is 402. The summed E-state index contributed by atoms with van der Waals surface area (Å²) in [4.78, 5) is 10.8. The van der Waals surface area contributed by atoms with Crippen LogP contribution in [0, 0.1) is 0 Å². The third-order valence-electron chi connectivity index (χ3n) is 1.17. The highest BCUT2D eigenvalue weighted by molar-refractivity contribution is 8.06. The quantitative estimate of drug-likeness (QED) is 0.549. The van der Waals surface area contributed by atoms with Crippen molar-refractivity contribution in [3.8, 4) is 0 Å². The van der Waals surface area contributed by atoms with E-state index in [0.717, 1.165) is 11.8 Å². The molecular weight excluding hydrogens is 279 g/mol. The Morgan fingerprint density at radius 2 is 1.93 bits per heavy atom. The molecule has 0 radical (unpaired) electrons. The van der Waals surface area contributed by atoms with Crippen molar-refractivity contribution in [2.75, 3.05) is 5.75 Å². The number of allylic oxidation sites excluding steroid dienone is 2. The summed E-state index contributed by atoms with van der Waals surface area (Å²) in [6.45, 7) is 4.25. The average Bonchev–Trinajstić information content (AvgIpc) is 2.48. The Morgan fingerprint density at radius 3 is 2.13 bits per heavy atom. The van der Waals surface area contributed by atoms with E-state index in [0.29, 0.717) is 0 Å². The molecule has 1 heterocycles. The second kappa shape index (κ2) is 7.33. The molecule has 0 saturated carbocycles. The van der Waals surface area contributed by atoms with Crippen LogP contribution >= 0.6 is 35.0 Å². The Labute approximate surface area is 104 Å². The third kappa shape index (κ3) is 4.59. The summed E-state index contributed by atoms with van der Waals surface area (Å²) in [5.41, 5.74) is 0. The van der Waals surface area contributed by atoms with E-state index in [1.54, 1.807) is 0 Å². The first kappa shape index (κ1) is 15.0. The Hall–Kier alpha value is 0.0300. The molecule has 15 heavy (non-hydrogen) atoms. The highest BCUT2D eigenvalue weighted by Crippen LogP contribution is 2.33. The normalized spacial score (nSPS) is 14.8. The van der Waals surface area contributed by atoms with E-state index in [1.807, 2.05) is 0 Å². The predicted molar refractivity (Wildman–Crippen MR) is 66.1 cm³/mol. The molecule has 0 spiro atoms. The van der Waals surface area contributed by atoms with Crippen LogP contribution in [-0.2, 0) is 15.1 Å². The zero-order chi connectivity index (χ0) is 12.0. The smallest absolute Gasteiger partial charge is 0.260 e. The highest BCUT2D eigenvalue weighted by Gasteiger charge is 2.25. The fourth-order valence-corrected chi connectivity index (χ4v) is 3.20. The maximum Gasteiger partial charge on any atom is 0.260 e. The molecule has 0 unspecified atom stereocenters. The lowest BCUT2D eigenvalue weighted by atomic mass is 10.4. The van der Waals surface area contributed by atoms with Gasteiger partial charge in [0.2, 0.25) is 10.3 Å². The molecule has 0 aromatic rings. The van der Waals surface area contributed by atoms with E-state index in [1.165, 1.54) is 6.42 Å². The van der Waals surface area contributed by atoms with Crippen molar-refractivity contribution in [3.63, 3.8) is 0 Å². The average molecular weight is 289 g/mol. The van der Waals surface area contributed by atoms with Crippen LogP contribution in [0.5, 0.6) is 0 Å². The van der Waals surface area contributed by atoms with Crippen molar-refractivity contribution < 1.29 is 13.2 Å². The van der Waals surface area contributed by atoms with Crippen molar-refractivity contribution in [3.05, 3.63) is 9.94 Å². The van der Waals surface area contributed by atoms with Gasteiger partial charge in [0, 0.05) is 5.75 Å². The fraction of sp³-hybridized carbons (Fsp3) is 0.500. The van der Waals surface area contributed by atoms with E-state index in [4.69, 9.17) is 23.2 Å². The first-order chi connectivity index (χ1) is 6.95. The zero-order valence-corrected chi connectivity index (χ0v) is 11.4. The highest BCUT2D eigenvalue weighted by atomic mass is 35.5. The molecule has 0 fully saturated rings. The van der Waals surface area contributed by atoms with Gasteiger partial charge in [0.15, 0.2) is 0 Å². The van der Waals surface area contributed by atoms with Gasteiger partial charge in [-0.3, -0.25) is 4.79 Å². The van der Waals surface area contributed by atoms with Crippen molar-refractivity contribution in [2.45, 2.75) is 20.3 Å². The van der Waals surface area contributed by atoms with Crippen molar-refractivity contribution in [1.29, 1.82) is 0 Å². The van der Waals surface area contributed by atoms with Gasteiger partial charge in [0.05, 0.1) is 9.94 Å². The van der Waals surface area contributed by atoms with Gasteiger partial charge in [-0.15, -0.1) is 11.8 Å². The summed E-state index contributed by atoms with van der Waals surface area (Å²) in [6.07, 6.45) is 1.25. The van der Waals surface area contributed by atoms with Gasteiger partial charge in [-0.2, -0.15) is 8.42 Å². The van der Waals surface area contributed by atoms with Crippen LogP contribution in [0.4, 0.5) is 0 Å². The van der Waals surface area contributed by atoms with Gasteiger partial charge in [-0.1, -0.05) is 31.9 Å². The predicted octanol–water partition coefficient (Wildman–Crippen LogP) is 2.42. The number of rotatable bonds is 1. The summed E-state index contributed by atoms with van der Waals surface area (Å²) in [6, 6.07) is 0. The van der Waals surface area contributed by atoms with Crippen molar-refractivity contribution in [1.82, 2.24) is 0 Å². The maximum atomic E-state index is 10.6. The Kier molecular flexibility index (Phi) is 7.34. The van der Waals surface area contributed by atoms with Crippen LogP contribution in [0.3, 0.4) is 0 Å². The third-order valence-corrected chi connectivity index (χ3v) is 4.16. The molecule has 86 valence electrons. The summed E-state index contributed by atoms with van der Waals surface area (Å²) in [5, 5.41) is -0.765. The van der Waals surface area contributed by atoms with Gasteiger partial charge >= 0.3 is 0 Å². The lowest BCUT2D eigenvalue weighted by Crippen LogP contribution is -1.97. The number of carbonyl (C=O) groups excluding carboxylic acids is 1. The van der Waals surface area contributed by atoms with Crippen molar-refractivity contribution in [2.24, 2.45) is 0 Å². The summed E-state index contributed by atoms with van der Waals surface area (Å²) in [5.74, 6) is 0.183. The lowest BCUT2D eigenvalue weighted by molar-refractivity contribution is -0.107. The molecule has 0 amide bonds. The van der Waals surface area contributed by atoms with Gasteiger partial charge in [0.1, 0.15) is 4.86 Å². The largest absolute Gasteiger partial charge is 0.275 e. The second-order valence-electron chi connectivity index (χ2n) is 2.57. The maximum absolute atomic E-state index is 10.6. The van der Waals surface area contributed by atoms with E-state index >= 15 is 0 Å². The number of hydrogen-bond acceptors (Lipinski definition) is 4. The molecule has 1 aliphatic heterocycles. The van der Waals surface area contributed by atoms with Gasteiger partial charge in [0.25, 0.3) is 5.24 Å². The number of halogens is 2. The van der Waals surface area contributed by atoms with Gasteiger partial charge in [-0.25, -0.2) is 0 Å². The monoisotopic (exact) mass is 288 g/mol. The van der Waals surface area contributed by atoms with Crippen molar-refractivity contribution >= 4 is 55.4 Å². The first-order valence-corrected chi connectivity index (χ1v) is 6.95. The Morgan fingerprint density at radius 1 is 1.47 bits per heavy atom. The summed E-state index contributed by atoms with van der Waals surface area (Å²) >= 11 is 11.7. The van der Waals surface area contributed by atoms with Gasteiger partial charge in [-0.05, 0) is 11.6 Å². The molecule has 0 aromatic heterocycles. The first-order valence-electron chi connectivity index (χ1n) is 4.13. The number of carbonyl (C=O) groups is 1. The molecule has 7 heteroatoms. The molecule has 0 N–H and O–H groups in total. The minimum atomic E-state index is -2.36. The zero-order valence-electron chi connectivity index (χ0n) is 8.21. The van der Waals surface area contributed by atoms with E-state index in [2.05, 4.69) is 13.8 Å². The van der Waals surface area contributed by atoms with Crippen LogP contribution in [-0.4, -0.2) is 24.3 Å². The molecule has 0 atom stereocenters. The minimum Gasteiger partial charge on any atom is -0.275 e. The van der Waals surface area contributed by atoms with Crippen LogP contribution in [0.15, 0.2) is 9.94 Å². The molecule has 3 nitrogen and oxygen atoms in total. The Balaban J connectivity index is 0.000000583. The lowest BCUT2D eigenvalue weighted by Gasteiger charge is -1.88. The standard InChI is InChI=1S/C5H2Cl2O3S2.C3H8/c6-3-2(12(9)10)1-11-4(3)5(7)8;1-3-2/h1H2;3H2,1-2H3. The second-order valence-corrected chi connectivity index (χ2v) is 5.24. The van der Waals surface area contributed by atoms with Crippen LogP contribution < -0.4 is 0 Å². The van der Waals surface area contributed by atoms with E-state index < -0.39 is 15.5 Å². The molecule has 0 bridgehead atoms. The minimum absolute atomic E-state index is 0.0330. The summed E-state index contributed by atoms with van der Waals surface area (Å²) < 4.78 is 20.9. The number of hydrogen-bond donors (Lipinski definition) is 0. The van der Waals surface area contributed by atoms with Crippen LogP contribution in [0.2, 0.25) is 0 Å². The number of thioether (sulfide) groups is 1. The molecule has 0 saturated heterocycles. The molecular formula is C8H10Cl2O3S2. The SMILES string of the molecule is CCC.O=C(Cl)C1=C(Cl)C(=S(=O)=O)CS1. The van der Waals surface area contributed by atoms with Gasteiger partial charge < -0.3 is 0 Å².